The van der Waals surface area contributed by atoms with E-state index < -0.39 is 0 Å². The molecule has 0 radical (unpaired) electrons. The van der Waals surface area contributed by atoms with Gasteiger partial charge in [-0.1, -0.05) is 12.1 Å². The van der Waals surface area contributed by atoms with Gasteiger partial charge < -0.3 is 14.8 Å². The van der Waals surface area contributed by atoms with Gasteiger partial charge in [-0.05, 0) is 42.3 Å². The van der Waals surface area contributed by atoms with Crippen LogP contribution in [0.2, 0.25) is 0 Å². The summed E-state index contributed by atoms with van der Waals surface area (Å²) in [4.78, 5) is 2.77. The number of methoxy groups -OCH3 is 1. The summed E-state index contributed by atoms with van der Waals surface area (Å²) in [5, 5.41) is 7.95. The van der Waals surface area contributed by atoms with Crippen LogP contribution in [0.4, 0.5) is 0 Å². The number of nitrogens with one attached hydrogen (secondary N) is 1. The van der Waals surface area contributed by atoms with Gasteiger partial charge >= 0.3 is 0 Å². The lowest BCUT2D eigenvalue weighted by molar-refractivity contribution is 0.0688. The van der Waals surface area contributed by atoms with Gasteiger partial charge in [-0.2, -0.15) is 0 Å². The van der Waals surface area contributed by atoms with Gasteiger partial charge in [0.2, 0.25) is 0 Å². The molecule has 0 aliphatic rings. The number of ether oxygens (including phenoxy) is 2. The molecule has 0 aliphatic carbocycles. The first-order valence-electron chi connectivity index (χ1n) is 7.28. The molecule has 2 aromatic heterocycles. The fourth-order valence-corrected chi connectivity index (χ4v) is 3.78. The number of rotatable bonds is 11. The third-order valence-electron chi connectivity index (χ3n) is 3.15. The van der Waals surface area contributed by atoms with Crippen molar-refractivity contribution in [3.8, 4) is 0 Å². The van der Waals surface area contributed by atoms with Crippen LogP contribution in [0.15, 0.2) is 35.0 Å². The fourth-order valence-electron chi connectivity index (χ4n) is 2.07. The second-order valence-electron chi connectivity index (χ2n) is 4.73. The molecule has 1 N–H and O–H groups in total. The Kier molecular flexibility index (Phi) is 7.99. The van der Waals surface area contributed by atoms with Crippen molar-refractivity contribution >= 4 is 22.7 Å². The average molecular weight is 325 g/mol. The molecule has 0 aromatic carbocycles. The highest BCUT2D eigenvalue weighted by molar-refractivity contribution is 7.11. The average Bonchev–Trinajstić information content (AvgIpc) is 3.19. The van der Waals surface area contributed by atoms with Crippen molar-refractivity contribution in [2.75, 3.05) is 33.5 Å². The van der Waals surface area contributed by atoms with E-state index >= 15 is 0 Å². The molecule has 3 nitrogen and oxygen atoms in total. The smallest absolute Gasteiger partial charge is 0.0764 e. The second kappa shape index (κ2) is 10.1. The predicted octanol–water partition coefficient (Wildman–Crippen LogP) is 3.93. The van der Waals surface area contributed by atoms with Crippen molar-refractivity contribution in [1.29, 1.82) is 0 Å². The van der Waals surface area contributed by atoms with E-state index in [1.807, 2.05) is 22.7 Å². The van der Waals surface area contributed by atoms with E-state index in [1.54, 1.807) is 7.11 Å². The maximum absolute atomic E-state index is 5.48. The molecule has 0 atom stereocenters. The normalized spacial score (nSPS) is 11.3. The molecule has 0 saturated heterocycles. The van der Waals surface area contributed by atoms with Gasteiger partial charge in [0, 0.05) is 23.5 Å². The molecule has 2 heterocycles. The van der Waals surface area contributed by atoms with Crippen LogP contribution in [0.3, 0.4) is 0 Å². The summed E-state index contributed by atoms with van der Waals surface area (Å²) in [6, 6.07) is 8.98. The summed E-state index contributed by atoms with van der Waals surface area (Å²) in [5.41, 5.74) is 0. The van der Waals surface area contributed by atoms with Gasteiger partial charge in [-0.15, -0.1) is 22.7 Å². The Hall–Kier alpha value is -0.720. The van der Waals surface area contributed by atoms with Crippen LogP contribution in [0.5, 0.6) is 0 Å². The SMILES string of the molecule is COCCOCCCCNC(c1cccs1)c1cccs1. The number of hydrogen-bond donors (Lipinski definition) is 1. The minimum Gasteiger partial charge on any atom is -0.382 e. The Labute approximate surface area is 134 Å². The molecule has 2 rings (SSSR count). The van der Waals surface area contributed by atoms with Gasteiger partial charge in [-0.25, -0.2) is 0 Å². The predicted molar refractivity (Wildman–Crippen MR) is 90.4 cm³/mol. The monoisotopic (exact) mass is 325 g/mol. The van der Waals surface area contributed by atoms with E-state index in [4.69, 9.17) is 9.47 Å². The van der Waals surface area contributed by atoms with Gasteiger partial charge in [0.15, 0.2) is 0 Å². The molecule has 0 amide bonds. The van der Waals surface area contributed by atoms with Crippen molar-refractivity contribution < 1.29 is 9.47 Å². The van der Waals surface area contributed by atoms with Crippen LogP contribution in [-0.2, 0) is 9.47 Å². The molecular formula is C16H23NO2S2. The van der Waals surface area contributed by atoms with Crippen molar-refractivity contribution in [3.05, 3.63) is 44.8 Å². The van der Waals surface area contributed by atoms with Crippen LogP contribution in [0.25, 0.3) is 0 Å². The van der Waals surface area contributed by atoms with Gasteiger partial charge in [-0.3, -0.25) is 0 Å². The molecule has 5 heteroatoms. The van der Waals surface area contributed by atoms with E-state index in [0.717, 1.165) is 26.0 Å². The van der Waals surface area contributed by atoms with Crippen molar-refractivity contribution in [3.63, 3.8) is 0 Å². The third kappa shape index (κ3) is 5.88. The Bertz CT molecular complexity index is 422. The summed E-state index contributed by atoms with van der Waals surface area (Å²) < 4.78 is 10.4. The lowest BCUT2D eigenvalue weighted by atomic mass is 10.2. The molecule has 2 aromatic rings. The molecule has 0 bridgehead atoms. The van der Waals surface area contributed by atoms with Crippen LogP contribution in [0, 0.1) is 0 Å². The first-order chi connectivity index (χ1) is 10.4. The summed E-state index contributed by atoms with van der Waals surface area (Å²) >= 11 is 3.62. The lowest BCUT2D eigenvalue weighted by Crippen LogP contribution is -2.22. The minimum atomic E-state index is 0.333. The highest BCUT2D eigenvalue weighted by Crippen LogP contribution is 2.28. The highest BCUT2D eigenvalue weighted by atomic mass is 32.1. The Morgan fingerprint density at radius 1 is 1.00 bits per heavy atom. The minimum absolute atomic E-state index is 0.333. The van der Waals surface area contributed by atoms with Crippen molar-refractivity contribution in [1.82, 2.24) is 5.32 Å². The standard InChI is InChI=1S/C16H23NO2S2/c1-18-10-11-19-9-3-2-8-17-16(14-6-4-12-20-14)15-7-5-13-21-15/h4-7,12-13,16-17H,2-3,8-11H2,1H3. The summed E-state index contributed by atoms with van der Waals surface area (Å²) in [7, 11) is 1.70. The molecular weight excluding hydrogens is 302 g/mol. The largest absolute Gasteiger partial charge is 0.382 e. The quantitative estimate of drug-likeness (QED) is 0.635. The Morgan fingerprint density at radius 3 is 2.29 bits per heavy atom. The van der Waals surface area contributed by atoms with Crippen molar-refractivity contribution in [2.45, 2.75) is 18.9 Å². The van der Waals surface area contributed by atoms with Gasteiger partial charge in [0.1, 0.15) is 0 Å². The van der Waals surface area contributed by atoms with Crippen molar-refractivity contribution in [2.24, 2.45) is 0 Å². The second-order valence-corrected chi connectivity index (χ2v) is 6.69. The molecule has 116 valence electrons. The zero-order valence-electron chi connectivity index (χ0n) is 12.4. The first kappa shape index (κ1) is 16.6. The summed E-state index contributed by atoms with van der Waals surface area (Å²) in [6.07, 6.45) is 2.21. The van der Waals surface area contributed by atoms with Crippen LogP contribution >= 0.6 is 22.7 Å². The maximum Gasteiger partial charge on any atom is 0.0764 e. The molecule has 0 aliphatic heterocycles. The van der Waals surface area contributed by atoms with Crippen LogP contribution < -0.4 is 5.32 Å². The number of unbranched alkanes of at least 4 members (excludes halogenated alkanes) is 1. The van der Waals surface area contributed by atoms with E-state index in [-0.39, 0.29) is 0 Å². The number of thiophene rings is 2. The Balaban J connectivity index is 1.69. The third-order valence-corrected chi connectivity index (χ3v) is 5.03. The summed E-state index contributed by atoms with van der Waals surface area (Å²) in [5.74, 6) is 0. The first-order valence-corrected chi connectivity index (χ1v) is 9.04. The van der Waals surface area contributed by atoms with E-state index in [9.17, 15) is 0 Å². The zero-order valence-corrected chi connectivity index (χ0v) is 14.1. The van der Waals surface area contributed by atoms with Gasteiger partial charge in [0.05, 0.1) is 19.3 Å². The summed E-state index contributed by atoms with van der Waals surface area (Å²) in [6.45, 7) is 3.19. The Morgan fingerprint density at radius 2 is 1.71 bits per heavy atom. The van der Waals surface area contributed by atoms with Gasteiger partial charge in [0.25, 0.3) is 0 Å². The topological polar surface area (TPSA) is 30.5 Å². The number of hydrogen-bond acceptors (Lipinski definition) is 5. The van der Waals surface area contributed by atoms with E-state index in [2.05, 4.69) is 40.3 Å². The molecule has 0 saturated carbocycles. The fraction of sp³-hybridized carbons (Fsp3) is 0.500. The molecule has 21 heavy (non-hydrogen) atoms. The maximum atomic E-state index is 5.48. The molecule has 0 fully saturated rings. The highest BCUT2D eigenvalue weighted by Gasteiger charge is 2.14. The van der Waals surface area contributed by atoms with E-state index in [0.29, 0.717) is 19.3 Å². The zero-order chi connectivity index (χ0) is 14.8. The lowest BCUT2D eigenvalue weighted by Gasteiger charge is -2.16. The van der Waals surface area contributed by atoms with E-state index in [1.165, 1.54) is 9.75 Å². The molecule has 0 unspecified atom stereocenters. The molecule has 0 spiro atoms. The van der Waals surface area contributed by atoms with Crippen LogP contribution in [0.1, 0.15) is 28.6 Å². The van der Waals surface area contributed by atoms with Crippen LogP contribution in [-0.4, -0.2) is 33.5 Å².